The molecule has 0 amide bonds. The van der Waals surface area contributed by atoms with Gasteiger partial charge in [0.25, 0.3) is 0 Å². The molecular weight excluding hydrogens is 553 g/mol. The summed E-state index contributed by atoms with van der Waals surface area (Å²) < 4.78 is 5.66. The van der Waals surface area contributed by atoms with Crippen LogP contribution in [0.5, 0.6) is 0 Å². The fourth-order valence-electron chi connectivity index (χ4n) is 1.51. The third-order valence-corrected chi connectivity index (χ3v) is 6.26. The molecule has 0 aliphatic rings. The third kappa shape index (κ3) is 2.98. The second-order valence-corrected chi connectivity index (χ2v) is 6.20. The van der Waals surface area contributed by atoms with Gasteiger partial charge in [0.15, 0.2) is 0 Å². The van der Waals surface area contributed by atoms with Crippen molar-refractivity contribution in [2.45, 2.75) is 0 Å². The molecule has 0 unspecified atom stereocenters. The summed E-state index contributed by atoms with van der Waals surface area (Å²) in [6.07, 6.45) is 0. The van der Waals surface area contributed by atoms with Crippen molar-refractivity contribution in [2.24, 2.45) is 0 Å². The van der Waals surface area contributed by atoms with Gasteiger partial charge < -0.3 is 9.26 Å². The maximum atomic E-state index is 5.70. The van der Waals surface area contributed by atoms with Crippen LogP contribution in [0.1, 0.15) is 0 Å². The van der Waals surface area contributed by atoms with Crippen LogP contribution in [0.3, 0.4) is 0 Å². The molecule has 0 heterocycles. The molecule has 0 saturated heterocycles. The molecule has 0 radical (unpaired) electrons. The zero-order chi connectivity index (χ0) is 12.4. The molecule has 0 aliphatic carbocycles. The highest BCUT2D eigenvalue weighted by Gasteiger charge is 2.09. The van der Waals surface area contributed by atoms with E-state index in [0.717, 1.165) is 11.4 Å². The standard InChI is InChI=1S/C12H9I3N2/c13-11-9(5-6-10(17-15)12(11)14)7-1-3-8(16)4-2-7/h1-6,17H,16H2. The molecule has 2 aromatic carbocycles. The molecule has 0 atom stereocenters. The number of rotatable bonds is 2. The normalized spacial score (nSPS) is 10.3. The minimum atomic E-state index is 0.795. The molecule has 2 rings (SSSR count). The van der Waals surface area contributed by atoms with E-state index in [4.69, 9.17) is 5.73 Å². The van der Waals surface area contributed by atoms with E-state index in [1.165, 1.54) is 18.3 Å². The van der Waals surface area contributed by atoms with Gasteiger partial charge in [-0.3, -0.25) is 0 Å². The first-order chi connectivity index (χ1) is 8.13. The molecule has 0 bridgehead atoms. The number of halogens is 3. The van der Waals surface area contributed by atoms with Gasteiger partial charge in [0.1, 0.15) is 0 Å². The predicted molar refractivity (Wildman–Crippen MR) is 99.4 cm³/mol. The van der Waals surface area contributed by atoms with E-state index in [1.807, 2.05) is 12.1 Å². The predicted octanol–water partition coefficient (Wildman–Crippen LogP) is 4.91. The second kappa shape index (κ2) is 5.91. The Bertz CT molecular complexity index is 538. The number of nitrogen functional groups attached to an aromatic ring is 1. The van der Waals surface area contributed by atoms with Crippen LogP contribution in [0.2, 0.25) is 0 Å². The van der Waals surface area contributed by atoms with Crippen molar-refractivity contribution < 1.29 is 0 Å². The molecule has 3 N–H and O–H groups in total. The van der Waals surface area contributed by atoms with Crippen molar-refractivity contribution in [3.05, 3.63) is 43.5 Å². The van der Waals surface area contributed by atoms with E-state index < -0.39 is 0 Å². The summed E-state index contributed by atoms with van der Waals surface area (Å²) in [4.78, 5) is 0. The molecule has 88 valence electrons. The molecule has 0 aromatic heterocycles. The Kier molecular flexibility index (Phi) is 4.75. The number of benzene rings is 2. The molecular formula is C12H9I3N2. The minimum Gasteiger partial charge on any atom is -0.399 e. The van der Waals surface area contributed by atoms with Gasteiger partial charge in [0.2, 0.25) is 0 Å². The van der Waals surface area contributed by atoms with Crippen LogP contribution in [0, 0.1) is 7.14 Å². The van der Waals surface area contributed by atoms with E-state index in [0.29, 0.717) is 0 Å². The highest BCUT2D eigenvalue weighted by Crippen LogP contribution is 2.33. The van der Waals surface area contributed by atoms with Gasteiger partial charge in [-0.25, -0.2) is 0 Å². The summed E-state index contributed by atoms with van der Waals surface area (Å²) in [5.41, 5.74) is 10.1. The summed E-state index contributed by atoms with van der Waals surface area (Å²) in [6, 6.07) is 12.2. The van der Waals surface area contributed by atoms with Gasteiger partial charge in [0.05, 0.1) is 32.1 Å². The maximum Gasteiger partial charge on any atom is 0.0573 e. The smallest absolute Gasteiger partial charge is 0.0573 e. The van der Waals surface area contributed by atoms with E-state index in [1.54, 1.807) is 0 Å². The topological polar surface area (TPSA) is 38.0 Å². The van der Waals surface area contributed by atoms with Crippen LogP contribution in [-0.4, -0.2) is 0 Å². The third-order valence-electron chi connectivity index (χ3n) is 2.41. The zero-order valence-electron chi connectivity index (χ0n) is 8.68. The summed E-state index contributed by atoms with van der Waals surface area (Å²) >= 11 is 6.90. The van der Waals surface area contributed by atoms with Crippen molar-refractivity contribution in [3.8, 4) is 11.1 Å². The van der Waals surface area contributed by atoms with Crippen molar-refractivity contribution in [1.29, 1.82) is 0 Å². The average Bonchev–Trinajstić information content (AvgIpc) is 2.34. The number of nitrogens with two attached hydrogens (primary N) is 1. The van der Waals surface area contributed by atoms with Crippen molar-refractivity contribution in [3.63, 3.8) is 0 Å². The highest BCUT2D eigenvalue weighted by atomic mass is 127. The van der Waals surface area contributed by atoms with Crippen LogP contribution in [0.15, 0.2) is 36.4 Å². The van der Waals surface area contributed by atoms with Gasteiger partial charge in [0, 0.05) is 9.26 Å². The van der Waals surface area contributed by atoms with E-state index in [2.05, 4.69) is 95.8 Å². The molecule has 0 saturated carbocycles. The quantitative estimate of drug-likeness (QED) is 0.311. The first-order valence-corrected chi connectivity index (χ1v) is 8.07. The number of hydrogen-bond acceptors (Lipinski definition) is 2. The Morgan fingerprint density at radius 1 is 0.882 bits per heavy atom. The molecule has 5 heteroatoms. The summed E-state index contributed by atoms with van der Waals surface area (Å²) in [6.45, 7) is 0. The molecule has 0 aliphatic heterocycles. The van der Waals surface area contributed by atoms with Crippen LogP contribution < -0.4 is 9.26 Å². The summed E-state index contributed by atoms with van der Waals surface area (Å²) in [5, 5.41) is 0. The largest absolute Gasteiger partial charge is 0.399 e. The highest BCUT2D eigenvalue weighted by molar-refractivity contribution is 14.1. The second-order valence-electron chi connectivity index (χ2n) is 3.51. The van der Waals surface area contributed by atoms with Gasteiger partial charge in [-0.15, -0.1) is 0 Å². The lowest BCUT2D eigenvalue weighted by atomic mass is 10.1. The Hall–Kier alpha value is 0.230. The van der Waals surface area contributed by atoms with Crippen LogP contribution >= 0.6 is 68.0 Å². The number of anilines is 2. The summed E-state index contributed by atoms with van der Waals surface area (Å²) in [7, 11) is 0. The van der Waals surface area contributed by atoms with Gasteiger partial charge in [-0.1, -0.05) is 18.2 Å². The molecule has 17 heavy (non-hydrogen) atoms. The number of nitrogens with one attached hydrogen (secondary N) is 1. The molecule has 2 aromatic rings. The summed E-state index contributed by atoms with van der Waals surface area (Å²) in [5.74, 6) is 0. The van der Waals surface area contributed by atoms with E-state index in [9.17, 15) is 0 Å². The lowest BCUT2D eigenvalue weighted by Crippen LogP contribution is -1.92. The first kappa shape index (κ1) is 13.7. The van der Waals surface area contributed by atoms with Gasteiger partial charge >= 0.3 is 0 Å². The fraction of sp³-hybridized carbons (Fsp3) is 0. The Balaban J connectivity index is 2.53. The van der Waals surface area contributed by atoms with Crippen LogP contribution in [0.4, 0.5) is 11.4 Å². The fourth-order valence-corrected chi connectivity index (χ4v) is 3.86. The average molecular weight is 562 g/mol. The molecule has 0 spiro atoms. The number of hydrogen-bond donors (Lipinski definition) is 2. The van der Waals surface area contributed by atoms with Crippen molar-refractivity contribution in [1.82, 2.24) is 0 Å². The van der Waals surface area contributed by atoms with Gasteiger partial charge in [-0.05, 0) is 74.5 Å². The van der Waals surface area contributed by atoms with Crippen LogP contribution in [-0.2, 0) is 0 Å². The van der Waals surface area contributed by atoms with Crippen molar-refractivity contribution in [2.75, 3.05) is 9.26 Å². The minimum absolute atomic E-state index is 0.795. The lowest BCUT2D eigenvalue weighted by Gasteiger charge is -2.10. The first-order valence-electron chi connectivity index (χ1n) is 4.84. The Labute approximate surface area is 142 Å². The van der Waals surface area contributed by atoms with Crippen molar-refractivity contribution >= 4 is 79.4 Å². The van der Waals surface area contributed by atoms with E-state index >= 15 is 0 Å². The molecule has 0 fully saturated rings. The lowest BCUT2D eigenvalue weighted by molar-refractivity contribution is 1.54. The maximum absolute atomic E-state index is 5.70. The monoisotopic (exact) mass is 562 g/mol. The van der Waals surface area contributed by atoms with Gasteiger partial charge in [-0.2, -0.15) is 0 Å². The SMILES string of the molecule is Nc1ccc(-c2ccc(NI)c(I)c2I)cc1. The zero-order valence-corrected chi connectivity index (χ0v) is 15.1. The van der Waals surface area contributed by atoms with Crippen LogP contribution in [0.25, 0.3) is 11.1 Å². The Morgan fingerprint density at radius 2 is 1.53 bits per heavy atom. The Morgan fingerprint density at radius 3 is 2.12 bits per heavy atom. The molecule has 2 nitrogen and oxygen atoms in total. The van der Waals surface area contributed by atoms with E-state index in [-0.39, 0.29) is 0 Å².